The van der Waals surface area contributed by atoms with Crippen molar-refractivity contribution in [3.8, 4) is 101 Å². The maximum absolute atomic E-state index is 5.56. The van der Waals surface area contributed by atoms with Crippen molar-refractivity contribution in [3.05, 3.63) is 339 Å². The summed E-state index contributed by atoms with van der Waals surface area (Å²) in [5, 5.41) is 4.86. The van der Waals surface area contributed by atoms with E-state index in [2.05, 4.69) is 330 Å². The second kappa shape index (κ2) is 26.1. The molecule has 0 amide bonds. The molecule has 4 aromatic heterocycles. The van der Waals surface area contributed by atoms with Gasteiger partial charge >= 0.3 is 0 Å². The summed E-state index contributed by atoms with van der Waals surface area (Å²) < 4.78 is 34.8. The van der Waals surface area contributed by atoms with Crippen LogP contribution in [0.3, 0.4) is 0 Å². The van der Waals surface area contributed by atoms with Crippen molar-refractivity contribution in [1.29, 1.82) is 0 Å². The van der Waals surface area contributed by atoms with Gasteiger partial charge < -0.3 is 14.1 Å². The van der Waals surface area contributed by atoms with Gasteiger partial charge in [-0.05, 0) is 152 Å². The molecule has 91 heavy (non-hydrogen) atoms. The van der Waals surface area contributed by atoms with Gasteiger partial charge in [0, 0.05) is 80.7 Å². The molecule has 5 heteroatoms. The molecule has 0 atom stereocenters. The Morgan fingerprint density at radius 1 is 0.352 bits per heavy atom. The first-order valence-electron chi connectivity index (χ1n) is 34.2. The summed E-state index contributed by atoms with van der Waals surface area (Å²) in [5.41, 5.74) is 25.9. The normalized spacial score (nSPS) is 11.4. The second-order valence-corrected chi connectivity index (χ2v) is 23.1. The predicted molar refractivity (Wildman–Crippen MR) is 387 cm³/mol. The monoisotopic (exact) mass is 1360 g/mol. The number of benzene rings is 12. The predicted octanol–water partition coefficient (Wildman–Crippen LogP) is 23.8. The first-order chi connectivity index (χ1) is 47.6. The minimum Gasteiger partial charge on any atom is -0.309 e. The van der Waals surface area contributed by atoms with Gasteiger partial charge in [0.05, 0.1) is 33.5 Å². The average molecular weight is 1360 g/mol. The quantitative estimate of drug-likeness (QED) is 0.108. The fraction of sp³-hybridized carbons (Fsp3) is 0.0465. The third-order valence-electron chi connectivity index (χ3n) is 17.3. The van der Waals surface area contributed by atoms with Crippen molar-refractivity contribution in [2.45, 2.75) is 26.2 Å². The summed E-state index contributed by atoms with van der Waals surface area (Å²) in [4.78, 5) is 9.87. The van der Waals surface area contributed by atoms with Crippen LogP contribution >= 0.6 is 0 Å². The van der Waals surface area contributed by atoms with Gasteiger partial charge in [-0.25, -0.2) is 4.98 Å². The Balaban J connectivity index is 0.000000376. The van der Waals surface area contributed by atoms with Gasteiger partial charge in [0.15, 0.2) is 0 Å². The van der Waals surface area contributed by atoms with Crippen LogP contribution < -0.4 is 0 Å². The Labute approximate surface area is 556 Å². The number of aryl methyl sites for hydroxylation is 1. The van der Waals surface area contributed by atoms with Crippen LogP contribution in [0.5, 0.6) is 0 Å². The fourth-order valence-electron chi connectivity index (χ4n) is 12.8. The Morgan fingerprint density at radius 2 is 0.725 bits per heavy atom. The molecule has 0 spiro atoms. The third-order valence-corrected chi connectivity index (χ3v) is 17.3. The van der Waals surface area contributed by atoms with Crippen molar-refractivity contribution >= 4 is 43.6 Å². The van der Waals surface area contributed by atoms with Gasteiger partial charge in [-0.1, -0.05) is 239 Å². The number of aromatic nitrogens is 4. The molecule has 16 aromatic rings. The molecule has 0 aliphatic heterocycles. The molecule has 0 aliphatic carbocycles. The first kappa shape index (κ1) is 54.3. The number of fused-ring (bicyclic) bond motifs is 6. The van der Waals surface area contributed by atoms with Gasteiger partial charge in [-0.15, -0.1) is 35.4 Å². The van der Waals surface area contributed by atoms with E-state index < -0.39 is 0 Å². The van der Waals surface area contributed by atoms with E-state index in [-0.39, 0.29) is 21.5 Å². The van der Waals surface area contributed by atoms with E-state index in [1.165, 1.54) is 84.5 Å². The zero-order chi connectivity index (χ0) is 66.2. The summed E-state index contributed by atoms with van der Waals surface area (Å²) in [6.45, 7) is 2.21. The smallest absolute Gasteiger partial charge is 0.0716 e. The van der Waals surface area contributed by atoms with Crippen LogP contribution in [0, 0.1) is 6.07 Å². The maximum Gasteiger partial charge on any atom is 0.0716 e. The molecule has 0 saturated heterocycles. The number of hydrogen-bond acceptors (Lipinski definition) is 2. The molecule has 0 fully saturated rings. The minimum absolute atomic E-state index is 0. The van der Waals surface area contributed by atoms with Crippen LogP contribution in [0.15, 0.2) is 328 Å². The van der Waals surface area contributed by atoms with Crippen LogP contribution in [0.2, 0.25) is 0 Å². The Bertz CT molecular complexity index is 4760. The first-order valence-corrected chi connectivity index (χ1v) is 31.2. The summed E-state index contributed by atoms with van der Waals surface area (Å²) in [7, 11) is 0. The molecule has 0 N–H and O–H groups in total. The standard InChI is InChI=1S/C71H47N3.C15H16N.Ir.4H2/c1-6-18-48(19-7-1)53-32-36-68-62(42-53)63-43-54(49-20-8-2-9-21-49)33-37-69(63)73(68)60-30-16-28-57(40-60)66-46-59(52-26-14-5-15-27-52)47-67(72-66)58-29-17-31-61(41-58)74-70-38-34-55(50-22-10-3-11-23-50)44-64(70)65-45-56(35-39-71(65)74)51-24-12-4-13-25-51;1-2-3-6-13-8-10-14(11-9-13)15-7-4-5-12-16-15;;;;;/h1-47H;4-5,7-10,12H,2-3,6H2,1H3;;4*1H/q;-1;;;;;/i;;;2*1+2T;1+2;1+1D. The molecule has 0 aliphatic rings. The van der Waals surface area contributed by atoms with Gasteiger partial charge in [-0.3, -0.25) is 0 Å². The molecule has 4 nitrogen and oxygen atoms in total. The van der Waals surface area contributed by atoms with Crippen molar-refractivity contribution in [3.63, 3.8) is 0 Å². The second-order valence-electron chi connectivity index (χ2n) is 23.1. The molecule has 0 unspecified atom stereocenters. The Kier molecular flexibility index (Phi) is 15.6. The summed E-state index contributed by atoms with van der Waals surface area (Å²) >= 11 is 0. The van der Waals surface area contributed by atoms with E-state index in [1.54, 1.807) is 0 Å². The molecule has 12 aromatic carbocycles. The molecular weight excluding hydrogens is 1280 g/mol. The van der Waals surface area contributed by atoms with Gasteiger partial charge in [0.25, 0.3) is 0 Å². The van der Waals surface area contributed by atoms with Crippen LogP contribution in [0.1, 0.15) is 35.7 Å². The van der Waals surface area contributed by atoms with E-state index in [0.29, 0.717) is 0 Å². The Morgan fingerprint density at radius 3 is 1.08 bits per heavy atom. The number of unbranched alkanes of at least 4 members (excludes halogenated alkanes) is 1. The molecule has 0 saturated carbocycles. The molecule has 0 bridgehead atoms. The van der Waals surface area contributed by atoms with Crippen LogP contribution in [0.25, 0.3) is 144 Å². The molecule has 16 rings (SSSR count). The van der Waals surface area contributed by atoms with E-state index >= 15 is 0 Å². The molecule has 445 valence electrons. The zero-order valence-electron chi connectivity index (χ0n) is 56.4. The van der Waals surface area contributed by atoms with E-state index in [0.717, 1.165) is 84.8 Å². The van der Waals surface area contributed by atoms with E-state index in [1.807, 2.05) is 24.4 Å². The summed E-state index contributed by atoms with van der Waals surface area (Å²) in [6.07, 6.45) is 5.45. The van der Waals surface area contributed by atoms with Crippen molar-refractivity contribution < 1.29 is 30.4 Å². The van der Waals surface area contributed by atoms with Crippen molar-refractivity contribution in [2.75, 3.05) is 0 Å². The van der Waals surface area contributed by atoms with E-state index in [9.17, 15) is 0 Å². The largest absolute Gasteiger partial charge is 0.309 e. The SMILES string of the molecule is CCCCc1c[c-]c(-c2ccccn2)cc1.[2H][2H].[3HH].[3H][3H].[3H][3H].[Ir].c1ccc(-c2cc(-c3cccc(-n4c5ccc(-c6ccccc6)cc5c5cc(-c6ccccc6)ccc54)c3)nc(-c3cccc(-n4c5ccc(-c6ccccc6)cc5c5cc(-c6ccccc6)ccc54)c3)c2)cc1. The zero-order valence-corrected chi connectivity index (χ0v) is 52.8. The van der Waals surface area contributed by atoms with E-state index in [4.69, 9.17) is 13.9 Å². The van der Waals surface area contributed by atoms with Crippen molar-refractivity contribution in [1.82, 2.24) is 19.1 Å². The number of nitrogens with zero attached hydrogens (tertiary/aromatic N) is 4. The number of rotatable bonds is 13. The average Bonchev–Trinajstić information content (AvgIpc) is 1.59. The van der Waals surface area contributed by atoms with Gasteiger partial charge in [0.2, 0.25) is 0 Å². The topological polar surface area (TPSA) is 35.6 Å². The summed E-state index contributed by atoms with van der Waals surface area (Å²) in [5.74, 6) is 0. The molecule has 1 radical (unpaired) electrons. The summed E-state index contributed by atoms with van der Waals surface area (Å²) in [6, 6.07) is 119. The minimum atomic E-state index is 0. The third kappa shape index (κ3) is 11.9. The fourth-order valence-corrected chi connectivity index (χ4v) is 12.8. The Hall–Kier alpha value is -10.8. The van der Waals surface area contributed by atoms with Gasteiger partial charge in [-0.2, -0.15) is 0 Å². The number of hydrogen-bond donors (Lipinski definition) is 0. The number of pyridine rings is 2. The molecule has 4 heterocycles. The van der Waals surface area contributed by atoms with Crippen LogP contribution in [-0.2, 0) is 26.5 Å². The van der Waals surface area contributed by atoms with Crippen molar-refractivity contribution in [2.24, 2.45) is 0 Å². The molecular formula is C86H71IrN4-. The maximum atomic E-state index is 5.56. The van der Waals surface area contributed by atoms with Crippen LogP contribution in [0.4, 0.5) is 0 Å². The van der Waals surface area contributed by atoms with Gasteiger partial charge in [0.1, 0.15) is 0 Å². The van der Waals surface area contributed by atoms with Crippen LogP contribution in [-0.4, -0.2) is 19.1 Å².